The molecular formula is C19H15BrN4S. The minimum atomic E-state index is 0.409. The van der Waals surface area contributed by atoms with Crippen LogP contribution in [-0.4, -0.2) is 15.8 Å². The number of rotatable bonds is 4. The van der Waals surface area contributed by atoms with Crippen molar-refractivity contribution in [2.45, 2.75) is 0 Å². The average molecular weight is 411 g/mol. The third-order valence-electron chi connectivity index (χ3n) is 3.33. The minimum Gasteiger partial charge on any atom is -0.331 e. The molecule has 0 atom stereocenters. The van der Waals surface area contributed by atoms with Gasteiger partial charge in [-0.2, -0.15) is 5.10 Å². The number of pyridine rings is 1. The first kappa shape index (κ1) is 17.3. The fourth-order valence-corrected chi connectivity index (χ4v) is 2.60. The number of halogens is 1. The van der Waals surface area contributed by atoms with Gasteiger partial charge < -0.3 is 5.32 Å². The topological polar surface area (TPSA) is 49.3 Å². The van der Waals surface area contributed by atoms with Gasteiger partial charge in [-0.05, 0) is 48.6 Å². The Balaban J connectivity index is 1.79. The Bertz CT molecular complexity index is 823. The Morgan fingerprint density at radius 1 is 0.920 bits per heavy atom. The maximum absolute atomic E-state index is 5.33. The van der Waals surface area contributed by atoms with E-state index in [1.165, 1.54) is 0 Å². The van der Waals surface area contributed by atoms with Gasteiger partial charge in [-0.3, -0.25) is 10.4 Å². The molecule has 1 aromatic heterocycles. The fourth-order valence-electron chi connectivity index (χ4n) is 2.17. The van der Waals surface area contributed by atoms with Crippen molar-refractivity contribution in [1.29, 1.82) is 0 Å². The van der Waals surface area contributed by atoms with Crippen LogP contribution in [0, 0.1) is 0 Å². The number of nitrogens with one attached hydrogen (secondary N) is 2. The van der Waals surface area contributed by atoms with Gasteiger partial charge in [0.2, 0.25) is 0 Å². The molecule has 0 fully saturated rings. The number of anilines is 1. The highest BCUT2D eigenvalue weighted by atomic mass is 79.9. The molecule has 0 aliphatic carbocycles. The standard InChI is InChI=1S/C19H15BrN4S/c20-15-9-11-16(12-10-15)22-19(25)24-23-18(14-6-2-1-3-7-14)17-8-4-5-13-21-17/h1-13H,(H2,22,24,25)/b23-18-. The van der Waals surface area contributed by atoms with E-state index in [1.807, 2.05) is 72.8 Å². The molecule has 6 heteroatoms. The summed E-state index contributed by atoms with van der Waals surface area (Å²) < 4.78 is 1.01. The lowest BCUT2D eigenvalue weighted by atomic mass is 10.1. The predicted octanol–water partition coefficient (Wildman–Crippen LogP) is 4.58. The number of hydrogen-bond donors (Lipinski definition) is 2. The van der Waals surface area contributed by atoms with Crippen LogP contribution >= 0.6 is 28.1 Å². The first-order chi connectivity index (χ1) is 12.2. The van der Waals surface area contributed by atoms with Gasteiger partial charge in [-0.25, -0.2) is 0 Å². The van der Waals surface area contributed by atoms with E-state index in [9.17, 15) is 0 Å². The Labute approximate surface area is 160 Å². The molecular weight excluding hydrogens is 396 g/mol. The number of aromatic nitrogens is 1. The summed E-state index contributed by atoms with van der Waals surface area (Å²) in [6, 6.07) is 23.3. The van der Waals surface area contributed by atoms with Crippen LogP contribution in [0.25, 0.3) is 0 Å². The molecule has 4 nitrogen and oxygen atoms in total. The predicted molar refractivity (Wildman–Crippen MR) is 110 cm³/mol. The van der Waals surface area contributed by atoms with E-state index in [-0.39, 0.29) is 0 Å². The molecule has 2 N–H and O–H groups in total. The van der Waals surface area contributed by atoms with Crippen molar-refractivity contribution in [3.05, 3.63) is 94.7 Å². The molecule has 0 amide bonds. The lowest BCUT2D eigenvalue weighted by Crippen LogP contribution is -2.25. The largest absolute Gasteiger partial charge is 0.331 e. The summed E-state index contributed by atoms with van der Waals surface area (Å²) in [5, 5.41) is 7.98. The zero-order valence-electron chi connectivity index (χ0n) is 13.2. The van der Waals surface area contributed by atoms with E-state index in [0.29, 0.717) is 5.11 Å². The smallest absolute Gasteiger partial charge is 0.191 e. The summed E-state index contributed by atoms with van der Waals surface area (Å²) in [4.78, 5) is 4.39. The van der Waals surface area contributed by atoms with E-state index >= 15 is 0 Å². The van der Waals surface area contributed by atoms with Crippen LogP contribution in [0.15, 0.2) is 88.6 Å². The van der Waals surface area contributed by atoms with Crippen LogP contribution in [-0.2, 0) is 0 Å². The molecule has 2 aromatic carbocycles. The van der Waals surface area contributed by atoms with Gasteiger partial charge >= 0.3 is 0 Å². The Kier molecular flexibility index (Phi) is 5.87. The van der Waals surface area contributed by atoms with E-state index in [4.69, 9.17) is 12.2 Å². The molecule has 1 heterocycles. The number of hydrogen-bond acceptors (Lipinski definition) is 3. The molecule has 124 valence electrons. The quantitative estimate of drug-likeness (QED) is 0.375. The van der Waals surface area contributed by atoms with Crippen LogP contribution in [0.3, 0.4) is 0 Å². The van der Waals surface area contributed by atoms with Crippen molar-refractivity contribution in [2.24, 2.45) is 5.10 Å². The monoisotopic (exact) mass is 410 g/mol. The first-order valence-corrected chi connectivity index (χ1v) is 8.79. The lowest BCUT2D eigenvalue weighted by molar-refractivity contribution is 1.04. The maximum atomic E-state index is 5.33. The molecule has 0 saturated carbocycles. The van der Waals surface area contributed by atoms with E-state index in [0.717, 1.165) is 27.1 Å². The van der Waals surface area contributed by atoms with Crippen LogP contribution in [0.4, 0.5) is 5.69 Å². The van der Waals surface area contributed by atoms with Crippen LogP contribution < -0.4 is 10.7 Å². The van der Waals surface area contributed by atoms with Crippen molar-refractivity contribution in [3.8, 4) is 0 Å². The third kappa shape index (κ3) is 4.95. The van der Waals surface area contributed by atoms with Crippen LogP contribution in [0.5, 0.6) is 0 Å². The molecule has 0 spiro atoms. The molecule has 0 radical (unpaired) electrons. The van der Waals surface area contributed by atoms with Gasteiger partial charge in [0.1, 0.15) is 5.71 Å². The maximum Gasteiger partial charge on any atom is 0.191 e. The highest BCUT2D eigenvalue weighted by molar-refractivity contribution is 9.10. The number of hydrazone groups is 1. The van der Waals surface area contributed by atoms with Crippen molar-refractivity contribution in [3.63, 3.8) is 0 Å². The summed E-state index contributed by atoms with van der Waals surface area (Å²) in [5.74, 6) is 0. The van der Waals surface area contributed by atoms with Gasteiger partial charge in [-0.1, -0.05) is 52.3 Å². The molecule has 0 aliphatic heterocycles. The zero-order valence-corrected chi connectivity index (χ0v) is 15.6. The number of benzene rings is 2. The summed E-state index contributed by atoms with van der Waals surface area (Å²) in [7, 11) is 0. The van der Waals surface area contributed by atoms with Crippen molar-refractivity contribution in [2.75, 3.05) is 5.32 Å². The Hall–Kier alpha value is -2.57. The second-order valence-corrected chi connectivity index (χ2v) is 6.44. The second kappa shape index (κ2) is 8.50. The fraction of sp³-hybridized carbons (Fsp3) is 0. The summed E-state index contributed by atoms with van der Waals surface area (Å²) in [5.41, 5.74) is 6.24. The highest BCUT2D eigenvalue weighted by Gasteiger charge is 2.08. The summed E-state index contributed by atoms with van der Waals surface area (Å²) in [6.07, 6.45) is 1.74. The molecule has 0 saturated heterocycles. The normalized spacial score (nSPS) is 11.0. The van der Waals surface area contributed by atoms with Crippen LogP contribution in [0.1, 0.15) is 11.3 Å². The molecule has 3 aromatic rings. The van der Waals surface area contributed by atoms with Gasteiger partial charge in [0.05, 0.1) is 5.69 Å². The molecule has 0 unspecified atom stereocenters. The van der Waals surface area contributed by atoms with E-state index in [2.05, 4.69) is 36.8 Å². The van der Waals surface area contributed by atoms with E-state index < -0.39 is 0 Å². The van der Waals surface area contributed by atoms with E-state index in [1.54, 1.807) is 6.20 Å². The second-order valence-electron chi connectivity index (χ2n) is 5.11. The minimum absolute atomic E-state index is 0.409. The Morgan fingerprint density at radius 2 is 1.64 bits per heavy atom. The SMILES string of the molecule is S=C(N/N=C(/c1ccccc1)c1ccccn1)Nc1ccc(Br)cc1. The molecule has 0 aliphatic rings. The summed E-state index contributed by atoms with van der Waals surface area (Å²) >= 11 is 8.73. The van der Waals surface area contributed by atoms with Crippen molar-refractivity contribution < 1.29 is 0 Å². The third-order valence-corrected chi connectivity index (χ3v) is 4.05. The van der Waals surface area contributed by atoms with Crippen molar-refractivity contribution in [1.82, 2.24) is 10.4 Å². The molecule has 25 heavy (non-hydrogen) atoms. The van der Waals surface area contributed by atoms with Crippen LogP contribution in [0.2, 0.25) is 0 Å². The first-order valence-electron chi connectivity index (χ1n) is 7.59. The zero-order chi connectivity index (χ0) is 17.5. The summed E-state index contributed by atoms with van der Waals surface area (Å²) in [6.45, 7) is 0. The van der Waals surface area contributed by atoms with Crippen molar-refractivity contribution >= 4 is 44.7 Å². The van der Waals surface area contributed by atoms with Gasteiger partial charge in [0, 0.05) is 21.9 Å². The number of nitrogens with zero attached hydrogens (tertiary/aromatic N) is 2. The van der Waals surface area contributed by atoms with Gasteiger partial charge in [0.15, 0.2) is 5.11 Å². The highest BCUT2D eigenvalue weighted by Crippen LogP contribution is 2.14. The Morgan fingerprint density at radius 3 is 2.32 bits per heavy atom. The van der Waals surface area contributed by atoms with Gasteiger partial charge in [-0.15, -0.1) is 0 Å². The average Bonchev–Trinajstić information content (AvgIpc) is 2.66. The molecule has 3 rings (SSSR count). The van der Waals surface area contributed by atoms with Gasteiger partial charge in [0.25, 0.3) is 0 Å². The lowest BCUT2D eigenvalue weighted by Gasteiger charge is -2.10. The number of thiocarbonyl (C=S) groups is 1. The molecule has 0 bridgehead atoms.